The summed E-state index contributed by atoms with van der Waals surface area (Å²) in [6.45, 7) is 7.00. The first kappa shape index (κ1) is 25.2. The van der Waals surface area contributed by atoms with Gasteiger partial charge in [-0.1, -0.05) is 0 Å². The molecule has 190 valence electrons. The number of nitrogens with zero attached hydrogens (tertiary/aromatic N) is 4. The summed E-state index contributed by atoms with van der Waals surface area (Å²) >= 11 is 0. The predicted octanol–water partition coefficient (Wildman–Crippen LogP) is 2.72. The molecule has 1 atom stereocenters. The fourth-order valence-electron chi connectivity index (χ4n) is 4.79. The van der Waals surface area contributed by atoms with Crippen LogP contribution in [0, 0.1) is 11.8 Å². The largest absolute Gasteiger partial charge is 0.421 e. The molecule has 1 amide bonds. The molecule has 4 rings (SSSR count). The molecule has 0 radical (unpaired) electrons. The summed E-state index contributed by atoms with van der Waals surface area (Å²) in [6.07, 6.45) is 1.49. The number of piperazine rings is 1. The molecule has 8 nitrogen and oxygen atoms in total. The van der Waals surface area contributed by atoms with E-state index < -0.39 is 22.9 Å². The summed E-state index contributed by atoms with van der Waals surface area (Å²) in [5, 5.41) is 10.1. The van der Waals surface area contributed by atoms with Crippen molar-refractivity contribution in [2.75, 3.05) is 24.5 Å². The van der Waals surface area contributed by atoms with Crippen molar-refractivity contribution in [1.29, 1.82) is 0 Å². The van der Waals surface area contributed by atoms with Crippen molar-refractivity contribution in [2.45, 2.75) is 57.9 Å². The van der Waals surface area contributed by atoms with Gasteiger partial charge in [-0.05, 0) is 57.6 Å². The fraction of sp³-hybridized carbons (Fsp3) is 0.583. The maximum Gasteiger partial charge on any atom is 0.421 e. The molecular formula is C24H30F3N5O3. The zero-order chi connectivity index (χ0) is 25.5. The number of carbonyl (C=O) groups is 1. The normalized spacial score (nSPS) is 23.2. The Labute approximate surface area is 201 Å². The highest BCUT2D eigenvalue weighted by molar-refractivity contribution is 5.80. The molecule has 1 aliphatic carbocycles. The van der Waals surface area contributed by atoms with Crippen molar-refractivity contribution >= 4 is 11.9 Å². The number of aliphatic hydroxyl groups is 1. The van der Waals surface area contributed by atoms with Gasteiger partial charge in [-0.3, -0.25) is 9.59 Å². The van der Waals surface area contributed by atoms with E-state index in [2.05, 4.69) is 15.0 Å². The van der Waals surface area contributed by atoms with E-state index in [1.807, 2.05) is 16.7 Å². The average molecular weight is 494 g/mol. The number of H-pyrrole nitrogens is 1. The molecular weight excluding hydrogens is 463 g/mol. The lowest BCUT2D eigenvalue weighted by Crippen LogP contribution is -2.56. The molecule has 0 bridgehead atoms. The number of rotatable bonds is 5. The Kier molecular flexibility index (Phi) is 6.65. The molecule has 1 saturated heterocycles. The van der Waals surface area contributed by atoms with Crippen LogP contribution >= 0.6 is 0 Å². The number of hydrogen-bond donors (Lipinski definition) is 2. The van der Waals surface area contributed by atoms with Gasteiger partial charge >= 0.3 is 6.18 Å². The number of amides is 1. The molecule has 0 unspecified atom stereocenters. The van der Waals surface area contributed by atoms with Crippen molar-refractivity contribution < 1.29 is 23.1 Å². The number of aromatic nitrogens is 3. The molecule has 2 N–H and O–H groups in total. The quantitative estimate of drug-likeness (QED) is 0.664. The molecule has 3 heterocycles. The Bertz CT molecular complexity index is 1120. The zero-order valence-corrected chi connectivity index (χ0v) is 20.0. The fourth-order valence-corrected chi connectivity index (χ4v) is 4.79. The second-order valence-corrected chi connectivity index (χ2v) is 10.1. The van der Waals surface area contributed by atoms with Crippen LogP contribution in [0.4, 0.5) is 19.1 Å². The molecule has 0 aromatic carbocycles. The van der Waals surface area contributed by atoms with Crippen molar-refractivity contribution in [1.82, 2.24) is 19.9 Å². The molecule has 2 fully saturated rings. The Morgan fingerprint density at radius 2 is 1.86 bits per heavy atom. The van der Waals surface area contributed by atoms with Gasteiger partial charge in [0.2, 0.25) is 11.9 Å². The molecule has 2 aliphatic rings. The van der Waals surface area contributed by atoms with Gasteiger partial charge in [0.25, 0.3) is 5.56 Å². The van der Waals surface area contributed by atoms with E-state index in [9.17, 15) is 27.9 Å². The molecule has 1 aliphatic heterocycles. The number of hydrogen-bond acceptors (Lipinski definition) is 6. The number of halogens is 3. The van der Waals surface area contributed by atoms with Crippen molar-refractivity contribution in [3.8, 4) is 0 Å². The van der Waals surface area contributed by atoms with Crippen molar-refractivity contribution in [3.63, 3.8) is 0 Å². The first-order valence-corrected chi connectivity index (χ1v) is 11.7. The lowest BCUT2D eigenvalue weighted by molar-refractivity contribution is -0.140. The second kappa shape index (κ2) is 9.25. The Hall–Kier alpha value is -2.95. The van der Waals surface area contributed by atoms with Crippen LogP contribution < -0.4 is 10.5 Å². The smallest absolute Gasteiger partial charge is 0.386 e. The number of aromatic amines is 1. The molecule has 2 aromatic rings. The minimum absolute atomic E-state index is 0.0125. The topological polar surface area (TPSA) is 102 Å². The van der Waals surface area contributed by atoms with Crippen LogP contribution in [0.3, 0.4) is 0 Å². The van der Waals surface area contributed by atoms with Crippen molar-refractivity contribution in [2.24, 2.45) is 11.8 Å². The minimum Gasteiger partial charge on any atom is -0.386 e. The van der Waals surface area contributed by atoms with Gasteiger partial charge in [-0.25, -0.2) is 9.97 Å². The minimum atomic E-state index is -4.69. The Morgan fingerprint density at radius 3 is 2.43 bits per heavy atom. The second-order valence-electron chi connectivity index (χ2n) is 10.1. The number of pyridine rings is 1. The zero-order valence-electron chi connectivity index (χ0n) is 20.0. The monoisotopic (exact) mass is 493 g/mol. The third-order valence-corrected chi connectivity index (χ3v) is 6.92. The highest BCUT2D eigenvalue weighted by Crippen LogP contribution is 2.38. The van der Waals surface area contributed by atoms with E-state index in [4.69, 9.17) is 0 Å². The Balaban J connectivity index is 1.29. The first-order valence-electron chi connectivity index (χ1n) is 11.7. The molecule has 35 heavy (non-hydrogen) atoms. The van der Waals surface area contributed by atoms with E-state index >= 15 is 0 Å². The van der Waals surface area contributed by atoms with Crippen LogP contribution in [-0.4, -0.2) is 56.5 Å². The highest BCUT2D eigenvalue weighted by Gasteiger charge is 2.39. The van der Waals surface area contributed by atoms with Gasteiger partial charge in [0, 0.05) is 55.7 Å². The van der Waals surface area contributed by atoms with Crippen molar-refractivity contribution in [3.05, 3.63) is 51.7 Å². The highest BCUT2D eigenvalue weighted by atomic mass is 19.4. The van der Waals surface area contributed by atoms with Crippen LogP contribution in [0.2, 0.25) is 0 Å². The maximum atomic E-state index is 13.0. The van der Waals surface area contributed by atoms with Crippen LogP contribution in [0.5, 0.6) is 0 Å². The SMILES string of the molecule is C[C@H]1CN(C(=O)C2CC(Cc3c[nH]c(=O)c(C(F)(F)F)c3)C2)CCN1c1ncc(C(C)(C)O)cn1. The van der Waals surface area contributed by atoms with E-state index in [0.717, 1.165) is 6.07 Å². The molecule has 0 spiro atoms. The summed E-state index contributed by atoms with van der Waals surface area (Å²) in [4.78, 5) is 39.3. The number of carbonyl (C=O) groups excluding carboxylic acids is 1. The number of anilines is 1. The van der Waals surface area contributed by atoms with E-state index in [0.29, 0.717) is 56.0 Å². The third kappa shape index (κ3) is 5.50. The predicted molar refractivity (Wildman–Crippen MR) is 123 cm³/mol. The summed E-state index contributed by atoms with van der Waals surface area (Å²) in [7, 11) is 0. The van der Waals surface area contributed by atoms with Crippen LogP contribution in [0.15, 0.2) is 29.5 Å². The summed E-state index contributed by atoms with van der Waals surface area (Å²) in [5.41, 5.74) is -2.31. The van der Waals surface area contributed by atoms with Gasteiger partial charge in [-0.15, -0.1) is 0 Å². The van der Waals surface area contributed by atoms with Crippen LogP contribution in [0.25, 0.3) is 0 Å². The maximum absolute atomic E-state index is 13.0. The lowest BCUT2D eigenvalue weighted by Gasteiger charge is -2.43. The van der Waals surface area contributed by atoms with Gasteiger partial charge in [0.1, 0.15) is 5.56 Å². The number of alkyl halides is 3. The summed E-state index contributed by atoms with van der Waals surface area (Å²) < 4.78 is 38.9. The number of nitrogens with one attached hydrogen (secondary N) is 1. The summed E-state index contributed by atoms with van der Waals surface area (Å²) in [5.74, 6) is 0.604. The van der Waals surface area contributed by atoms with Gasteiger partial charge < -0.3 is 19.9 Å². The summed E-state index contributed by atoms with van der Waals surface area (Å²) in [6, 6.07) is 0.920. The van der Waals surface area contributed by atoms with Crippen LogP contribution in [-0.2, 0) is 23.0 Å². The lowest BCUT2D eigenvalue weighted by atomic mass is 9.71. The van der Waals surface area contributed by atoms with Gasteiger partial charge in [-0.2, -0.15) is 13.2 Å². The Morgan fingerprint density at radius 1 is 1.20 bits per heavy atom. The average Bonchev–Trinajstić information content (AvgIpc) is 2.75. The standard InChI is InChI=1S/C24H30F3N5O3/c1-14-13-31(4-5-32(14)22-29-11-18(12-30-22)23(2,3)35)21(34)17-7-15(8-17)6-16-9-19(24(25,26)27)20(33)28-10-16/h9-12,14-15,17,35H,4-8,13H2,1-3H3,(H,28,33)/t14-,15?,17?/m0/s1. The van der Waals surface area contributed by atoms with Gasteiger partial charge in [0.15, 0.2) is 0 Å². The van der Waals surface area contributed by atoms with E-state index in [1.54, 1.807) is 26.2 Å². The van der Waals surface area contributed by atoms with Gasteiger partial charge in [0.05, 0.1) is 5.60 Å². The molecule has 2 aromatic heterocycles. The van der Waals surface area contributed by atoms with E-state index in [1.165, 1.54) is 6.20 Å². The molecule has 1 saturated carbocycles. The first-order chi connectivity index (χ1) is 16.3. The molecule has 11 heteroatoms. The van der Waals surface area contributed by atoms with Crippen LogP contribution in [0.1, 0.15) is 50.3 Å². The van der Waals surface area contributed by atoms with E-state index in [-0.39, 0.29) is 23.8 Å². The third-order valence-electron chi connectivity index (χ3n) is 6.92.